The highest BCUT2D eigenvalue weighted by Crippen LogP contribution is 2.24. The van der Waals surface area contributed by atoms with E-state index in [0.717, 1.165) is 15.9 Å². The van der Waals surface area contributed by atoms with Gasteiger partial charge in [0.2, 0.25) is 5.91 Å². The highest BCUT2D eigenvalue weighted by molar-refractivity contribution is 8.00. The summed E-state index contributed by atoms with van der Waals surface area (Å²) in [6, 6.07) is 7.83. The van der Waals surface area contributed by atoms with Crippen molar-refractivity contribution in [1.29, 1.82) is 0 Å². The molecule has 0 radical (unpaired) electrons. The first-order chi connectivity index (χ1) is 10.1. The number of thioether (sulfide) groups is 1. The van der Waals surface area contributed by atoms with Crippen molar-refractivity contribution in [3.05, 3.63) is 30.1 Å². The molecular formula is C15H19N3O2S. The average molecular weight is 305 g/mol. The number of fused-ring (bicyclic) bond motifs is 1. The Balaban J connectivity index is 2.05. The Labute approximate surface area is 128 Å². The second kappa shape index (κ2) is 7.38. The highest BCUT2D eigenvalue weighted by Gasteiger charge is 2.11. The summed E-state index contributed by atoms with van der Waals surface area (Å²) in [6.07, 6.45) is 0. The van der Waals surface area contributed by atoms with Crippen LogP contribution in [-0.4, -0.2) is 41.4 Å². The van der Waals surface area contributed by atoms with Crippen LogP contribution in [0.5, 0.6) is 0 Å². The van der Waals surface area contributed by atoms with Crippen LogP contribution in [0.1, 0.15) is 12.7 Å². The molecule has 2 rings (SSSR count). The van der Waals surface area contributed by atoms with E-state index >= 15 is 0 Å². The Hall–Kier alpha value is -1.66. The van der Waals surface area contributed by atoms with E-state index in [9.17, 15) is 4.79 Å². The minimum Gasteiger partial charge on any atom is -0.383 e. The summed E-state index contributed by atoms with van der Waals surface area (Å²) in [5.41, 5.74) is 0.903. The Morgan fingerprint density at radius 3 is 2.90 bits per heavy atom. The van der Waals surface area contributed by atoms with Crippen molar-refractivity contribution in [1.82, 2.24) is 15.3 Å². The largest absolute Gasteiger partial charge is 0.383 e. The standard InChI is InChI=1S/C15H19N3O2S/c1-10(8-20-3)16-14(19)9-21-15-12-6-4-5-7-13(12)17-11(2)18-15/h4-7,10H,8-9H2,1-3H3,(H,16,19)/t10-/m1/s1. The molecule has 0 saturated heterocycles. The van der Waals surface area contributed by atoms with Crippen molar-refractivity contribution < 1.29 is 9.53 Å². The molecule has 1 atom stereocenters. The Kier molecular flexibility index (Phi) is 5.52. The van der Waals surface area contributed by atoms with Gasteiger partial charge in [0, 0.05) is 18.5 Å². The van der Waals surface area contributed by atoms with Gasteiger partial charge in [-0.15, -0.1) is 0 Å². The van der Waals surface area contributed by atoms with E-state index in [1.54, 1.807) is 7.11 Å². The predicted molar refractivity (Wildman–Crippen MR) is 84.5 cm³/mol. The number of carbonyl (C=O) groups is 1. The van der Waals surface area contributed by atoms with Crippen LogP contribution in [0.15, 0.2) is 29.3 Å². The molecule has 2 aromatic rings. The van der Waals surface area contributed by atoms with Crippen molar-refractivity contribution in [2.75, 3.05) is 19.5 Å². The van der Waals surface area contributed by atoms with Crippen molar-refractivity contribution in [2.45, 2.75) is 24.9 Å². The number of nitrogens with zero attached hydrogens (tertiary/aromatic N) is 2. The molecular weight excluding hydrogens is 286 g/mol. The number of ether oxygens (including phenoxy) is 1. The molecule has 1 heterocycles. The summed E-state index contributed by atoms with van der Waals surface area (Å²) in [4.78, 5) is 20.7. The Bertz CT molecular complexity index is 633. The lowest BCUT2D eigenvalue weighted by molar-refractivity contribution is -0.119. The number of aryl methyl sites for hydroxylation is 1. The summed E-state index contributed by atoms with van der Waals surface area (Å²) >= 11 is 1.43. The molecule has 0 aliphatic carbocycles. The van der Waals surface area contributed by atoms with Crippen molar-refractivity contribution in [3.8, 4) is 0 Å². The Morgan fingerprint density at radius 1 is 1.38 bits per heavy atom. The minimum absolute atomic E-state index is 0.00646. The lowest BCUT2D eigenvalue weighted by atomic mass is 10.2. The molecule has 0 bridgehead atoms. The zero-order valence-corrected chi connectivity index (χ0v) is 13.2. The first-order valence-corrected chi connectivity index (χ1v) is 7.73. The van der Waals surface area contributed by atoms with Gasteiger partial charge in [-0.1, -0.05) is 30.0 Å². The molecule has 5 nitrogen and oxygen atoms in total. The monoisotopic (exact) mass is 305 g/mol. The summed E-state index contributed by atoms with van der Waals surface area (Å²) in [5.74, 6) is 1.02. The normalized spacial score (nSPS) is 12.3. The maximum Gasteiger partial charge on any atom is 0.230 e. The molecule has 0 aliphatic rings. The molecule has 1 aromatic heterocycles. The van der Waals surface area contributed by atoms with E-state index < -0.39 is 0 Å². The van der Waals surface area contributed by atoms with Crippen LogP contribution >= 0.6 is 11.8 Å². The number of amides is 1. The molecule has 1 N–H and O–H groups in total. The number of hydrogen-bond acceptors (Lipinski definition) is 5. The van der Waals surface area contributed by atoms with Crippen LogP contribution in [0.3, 0.4) is 0 Å². The van der Waals surface area contributed by atoms with Gasteiger partial charge >= 0.3 is 0 Å². The molecule has 1 amide bonds. The van der Waals surface area contributed by atoms with Crippen molar-refractivity contribution in [2.24, 2.45) is 0 Å². The highest BCUT2D eigenvalue weighted by atomic mass is 32.2. The smallest absolute Gasteiger partial charge is 0.230 e. The van der Waals surface area contributed by atoms with Gasteiger partial charge in [-0.2, -0.15) is 0 Å². The third-order valence-corrected chi connectivity index (χ3v) is 3.84. The number of benzene rings is 1. The zero-order valence-electron chi connectivity index (χ0n) is 12.4. The summed E-state index contributed by atoms with van der Waals surface area (Å²) < 4.78 is 5.00. The number of nitrogens with one attached hydrogen (secondary N) is 1. The van der Waals surface area contributed by atoms with E-state index in [1.807, 2.05) is 38.1 Å². The van der Waals surface area contributed by atoms with Gasteiger partial charge in [0.05, 0.1) is 17.9 Å². The number of aromatic nitrogens is 2. The molecule has 0 unspecified atom stereocenters. The molecule has 112 valence electrons. The van der Waals surface area contributed by atoms with E-state index in [-0.39, 0.29) is 11.9 Å². The molecule has 1 aromatic carbocycles. The third kappa shape index (κ3) is 4.41. The first kappa shape index (κ1) is 15.7. The number of carbonyl (C=O) groups excluding carboxylic acids is 1. The van der Waals surface area contributed by atoms with Gasteiger partial charge in [-0.05, 0) is 19.9 Å². The van der Waals surface area contributed by atoms with Gasteiger partial charge in [0.25, 0.3) is 0 Å². The quantitative estimate of drug-likeness (QED) is 0.654. The average Bonchev–Trinajstić information content (AvgIpc) is 2.44. The van der Waals surface area contributed by atoms with Crippen LogP contribution in [0, 0.1) is 6.92 Å². The fourth-order valence-electron chi connectivity index (χ4n) is 2.01. The van der Waals surface area contributed by atoms with Gasteiger partial charge in [0.1, 0.15) is 10.9 Å². The predicted octanol–water partition coefficient (Wildman–Crippen LogP) is 2.18. The van der Waals surface area contributed by atoms with Crippen LogP contribution in [0.4, 0.5) is 0 Å². The van der Waals surface area contributed by atoms with Crippen LogP contribution < -0.4 is 5.32 Å². The Morgan fingerprint density at radius 2 is 2.14 bits per heavy atom. The lowest BCUT2D eigenvalue weighted by Crippen LogP contribution is -2.36. The fraction of sp³-hybridized carbons (Fsp3) is 0.400. The molecule has 0 aliphatic heterocycles. The second-order valence-electron chi connectivity index (χ2n) is 4.81. The van der Waals surface area contributed by atoms with Crippen molar-refractivity contribution >= 4 is 28.6 Å². The third-order valence-electron chi connectivity index (χ3n) is 2.84. The van der Waals surface area contributed by atoms with Crippen LogP contribution in [0.25, 0.3) is 10.9 Å². The zero-order chi connectivity index (χ0) is 15.2. The number of hydrogen-bond donors (Lipinski definition) is 1. The molecule has 21 heavy (non-hydrogen) atoms. The van der Waals surface area contributed by atoms with Gasteiger partial charge in [0.15, 0.2) is 0 Å². The number of rotatable bonds is 6. The lowest BCUT2D eigenvalue weighted by Gasteiger charge is -2.12. The first-order valence-electron chi connectivity index (χ1n) is 6.74. The van der Waals surface area contributed by atoms with Gasteiger partial charge < -0.3 is 10.1 Å². The minimum atomic E-state index is -0.0232. The summed E-state index contributed by atoms with van der Waals surface area (Å²) in [7, 11) is 1.62. The van der Waals surface area contributed by atoms with E-state index in [2.05, 4.69) is 15.3 Å². The van der Waals surface area contributed by atoms with E-state index in [0.29, 0.717) is 18.2 Å². The topological polar surface area (TPSA) is 64.1 Å². The van der Waals surface area contributed by atoms with E-state index in [4.69, 9.17) is 4.74 Å². The fourth-order valence-corrected chi connectivity index (χ4v) is 2.89. The summed E-state index contributed by atoms with van der Waals surface area (Å²) in [5, 5.41) is 4.70. The number of para-hydroxylation sites is 1. The molecule has 0 fully saturated rings. The van der Waals surface area contributed by atoms with Crippen molar-refractivity contribution in [3.63, 3.8) is 0 Å². The van der Waals surface area contributed by atoms with Crippen LogP contribution in [0.2, 0.25) is 0 Å². The van der Waals surface area contributed by atoms with E-state index in [1.165, 1.54) is 11.8 Å². The van der Waals surface area contributed by atoms with Gasteiger partial charge in [-0.25, -0.2) is 9.97 Å². The molecule has 0 spiro atoms. The maximum atomic E-state index is 11.9. The van der Waals surface area contributed by atoms with Crippen LogP contribution in [-0.2, 0) is 9.53 Å². The molecule has 0 saturated carbocycles. The summed E-state index contributed by atoms with van der Waals surface area (Å²) in [6.45, 7) is 4.28. The molecule has 6 heteroatoms. The van der Waals surface area contributed by atoms with Gasteiger partial charge in [-0.3, -0.25) is 4.79 Å². The number of methoxy groups -OCH3 is 1. The second-order valence-corrected chi connectivity index (χ2v) is 5.77. The maximum absolute atomic E-state index is 11.9. The SMILES string of the molecule is COC[C@@H](C)NC(=O)CSc1nc(C)nc2ccccc12.